The van der Waals surface area contributed by atoms with Crippen LogP contribution < -0.4 is 10.6 Å². The molecule has 0 saturated carbocycles. The molecule has 0 fully saturated rings. The van der Waals surface area contributed by atoms with Crippen molar-refractivity contribution in [3.63, 3.8) is 0 Å². The number of amides is 1. The zero-order valence-electron chi connectivity index (χ0n) is 9.70. The first-order valence-corrected chi connectivity index (χ1v) is 6.15. The van der Waals surface area contributed by atoms with Crippen LogP contribution in [0.2, 0.25) is 0 Å². The molecule has 0 bridgehead atoms. The normalized spacial score (nSPS) is 17.9. The average molecular weight is 228 g/mol. The van der Waals surface area contributed by atoms with Gasteiger partial charge in [-0.25, -0.2) is 0 Å². The molecule has 1 aliphatic carbocycles. The third kappa shape index (κ3) is 2.05. The van der Waals surface area contributed by atoms with Gasteiger partial charge in [-0.3, -0.25) is 4.79 Å². The Labute approximate surface area is 101 Å². The van der Waals surface area contributed by atoms with Gasteiger partial charge in [0.15, 0.2) is 0 Å². The predicted octanol–water partition coefficient (Wildman–Crippen LogP) is 2.10. The average Bonchev–Trinajstić information content (AvgIpc) is 2.97. The molecule has 0 spiro atoms. The topological polar surface area (TPSA) is 41.1 Å². The van der Waals surface area contributed by atoms with E-state index in [-0.39, 0.29) is 11.9 Å². The molecular weight excluding hydrogens is 212 g/mol. The van der Waals surface area contributed by atoms with Gasteiger partial charge in [0.1, 0.15) is 0 Å². The molecule has 3 heteroatoms. The van der Waals surface area contributed by atoms with E-state index in [1.807, 2.05) is 12.1 Å². The van der Waals surface area contributed by atoms with Crippen molar-refractivity contribution in [3.8, 4) is 0 Å². The van der Waals surface area contributed by atoms with Gasteiger partial charge in [0, 0.05) is 23.8 Å². The van der Waals surface area contributed by atoms with Crippen molar-refractivity contribution in [3.05, 3.63) is 41.5 Å². The Morgan fingerprint density at radius 3 is 2.94 bits per heavy atom. The van der Waals surface area contributed by atoms with Crippen LogP contribution in [0.25, 0.3) is 0 Å². The summed E-state index contributed by atoms with van der Waals surface area (Å²) in [5.74, 6) is 0.0372. The third-order valence-electron chi connectivity index (χ3n) is 3.42. The van der Waals surface area contributed by atoms with Gasteiger partial charge >= 0.3 is 0 Å². The highest BCUT2D eigenvalue weighted by molar-refractivity contribution is 5.95. The lowest BCUT2D eigenvalue weighted by molar-refractivity contribution is 0.0939. The van der Waals surface area contributed by atoms with E-state index in [1.54, 1.807) is 0 Å². The summed E-state index contributed by atoms with van der Waals surface area (Å²) in [4.78, 5) is 12.0. The molecule has 88 valence electrons. The zero-order valence-corrected chi connectivity index (χ0v) is 9.70. The molecule has 1 aliphatic heterocycles. The first kappa shape index (κ1) is 10.4. The molecular formula is C14H16N2O. The quantitative estimate of drug-likeness (QED) is 0.761. The number of nitrogens with one attached hydrogen (secondary N) is 2. The lowest BCUT2D eigenvalue weighted by atomic mass is 10.1. The lowest BCUT2D eigenvalue weighted by Gasteiger charge is -2.12. The van der Waals surface area contributed by atoms with Gasteiger partial charge in [0.25, 0.3) is 5.91 Å². The standard InChI is InChI=1S/C14H16N2O/c17-14(16-12-3-1-2-4-12)11-6-5-10-7-8-15-13(10)9-11/h1-2,5-6,9,12,15H,3-4,7-8H2,(H,16,17). The van der Waals surface area contributed by atoms with Crippen LogP contribution in [0.1, 0.15) is 28.8 Å². The van der Waals surface area contributed by atoms with Crippen LogP contribution in [0.3, 0.4) is 0 Å². The first-order valence-electron chi connectivity index (χ1n) is 6.15. The van der Waals surface area contributed by atoms with Crippen LogP contribution in [0.5, 0.6) is 0 Å². The van der Waals surface area contributed by atoms with Crippen molar-refractivity contribution in [1.29, 1.82) is 0 Å². The van der Waals surface area contributed by atoms with E-state index in [4.69, 9.17) is 0 Å². The monoisotopic (exact) mass is 228 g/mol. The fourth-order valence-electron chi connectivity index (χ4n) is 2.44. The maximum atomic E-state index is 12.0. The van der Waals surface area contributed by atoms with Gasteiger partial charge < -0.3 is 10.6 Å². The summed E-state index contributed by atoms with van der Waals surface area (Å²) in [5.41, 5.74) is 3.18. The summed E-state index contributed by atoms with van der Waals surface area (Å²) < 4.78 is 0. The first-order chi connectivity index (χ1) is 8.33. The Morgan fingerprint density at radius 1 is 1.29 bits per heavy atom. The number of fused-ring (bicyclic) bond motifs is 1. The minimum atomic E-state index is 0.0372. The second-order valence-electron chi connectivity index (χ2n) is 4.66. The van der Waals surface area contributed by atoms with Gasteiger partial charge in [0.2, 0.25) is 0 Å². The molecule has 2 N–H and O–H groups in total. The van der Waals surface area contributed by atoms with Crippen LogP contribution in [-0.4, -0.2) is 18.5 Å². The second kappa shape index (κ2) is 4.24. The van der Waals surface area contributed by atoms with E-state index in [0.29, 0.717) is 0 Å². The van der Waals surface area contributed by atoms with Gasteiger partial charge in [-0.05, 0) is 37.0 Å². The Kier molecular flexibility index (Phi) is 2.59. The molecule has 0 atom stereocenters. The van der Waals surface area contributed by atoms with Gasteiger partial charge in [-0.1, -0.05) is 18.2 Å². The van der Waals surface area contributed by atoms with Crippen LogP contribution in [-0.2, 0) is 6.42 Å². The Balaban J connectivity index is 1.72. The van der Waals surface area contributed by atoms with Crippen molar-refractivity contribution >= 4 is 11.6 Å². The van der Waals surface area contributed by atoms with E-state index < -0.39 is 0 Å². The smallest absolute Gasteiger partial charge is 0.251 e. The summed E-state index contributed by atoms with van der Waals surface area (Å²) in [5, 5.41) is 6.35. The molecule has 0 saturated heterocycles. The number of anilines is 1. The summed E-state index contributed by atoms with van der Waals surface area (Å²) in [6, 6.07) is 6.21. The largest absolute Gasteiger partial charge is 0.384 e. The number of hydrogen-bond donors (Lipinski definition) is 2. The molecule has 1 aromatic rings. The number of hydrogen-bond acceptors (Lipinski definition) is 2. The van der Waals surface area contributed by atoms with Crippen LogP contribution in [0.15, 0.2) is 30.4 Å². The van der Waals surface area contributed by atoms with Crippen molar-refractivity contribution in [2.24, 2.45) is 0 Å². The molecule has 0 unspecified atom stereocenters. The Morgan fingerprint density at radius 2 is 2.12 bits per heavy atom. The molecule has 1 heterocycles. The van der Waals surface area contributed by atoms with Crippen molar-refractivity contribution in [2.45, 2.75) is 25.3 Å². The summed E-state index contributed by atoms with van der Waals surface area (Å²) >= 11 is 0. The highest BCUT2D eigenvalue weighted by Gasteiger charge is 2.16. The Hall–Kier alpha value is -1.77. The third-order valence-corrected chi connectivity index (χ3v) is 3.42. The minimum absolute atomic E-state index is 0.0372. The molecule has 3 nitrogen and oxygen atoms in total. The van der Waals surface area contributed by atoms with Gasteiger partial charge in [0.05, 0.1) is 0 Å². The van der Waals surface area contributed by atoms with Crippen molar-refractivity contribution < 1.29 is 4.79 Å². The van der Waals surface area contributed by atoms with E-state index >= 15 is 0 Å². The molecule has 2 aliphatic rings. The second-order valence-corrected chi connectivity index (χ2v) is 4.66. The molecule has 1 amide bonds. The fraction of sp³-hybridized carbons (Fsp3) is 0.357. The minimum Gasteiger partial charge on any atom is -0.384 e. The van der Waals surface area contributed by atoms with E-state index in [9.17, 15) is 4.79 Å². The predicted molar refractivity (Wildman–Crippen MR) is 68.3 cm³/mol. The van der Waals surface area contributed by atoms with E-state index in [0.717, 1.165) is 37.1 Å². The summed E-state index contributed by atoms with van der Waals surface area (Å²) in [7, 11) is 0. The van der Waals surface area contributed by atoms with E-state index in [1.165, 1.54) is 5.56 Å². The molecule has 17 heavy (non-hydrogen) atoms. The SMILES string of the molecule is O=C(NC1CC=CC1)c1ccc2c(c1)NCC2. The van der Waals surface area contributed by atoms with Gasteiger partial charge in [-0.15, -0.1) is 0 Å². The van der Waals surface area contributed by atoms with Crippen LogP contribution in [0.4, 0.5) is 5.69 Å². The van der Waals surface area contributed by atoms with Crippen LogP contribution >= 0.6 is 0 Å². The summed E-state index contributed by atoms with van der Waals surface area (Å²) in [6.07, 6.45) is 7.21. The maximum Gasteiger partial charge on any atom is 0.251 e. The van der Waals surface area contributed by atoms with Crippen molar-refractivity contribution in [2.75, 3.05) is 11.9 Å². The maximum absolute atomic E-state index is 12.0. The van der Waals surface area contributed by atoms with Crippen LogP contribution in [0, 0.1) is 0 Å². The zero-order chi connectivity index (χ0) is 11.7. The number of benzene rings is 1. The Bertz CT molecular complexity index is 471. The molecule has 0 aromatic heterocycles. The molecule has 0 radical (unpaired) electrons. The van der Waals surface area contributed by atoms with Gasteiger partial charge in [-0.2, -0.15) is 0 Å². The highest BCUT2D eigenvalue weighted by atomic mass is 16.1. The number of carbonyl (C=O) groups is 1. The highest BCUT2D eigenvalue weighted by Crippen LogP contribution is 2.23. The lowest BCUT2D eigenvalue weighted by Crippen LogP contribution is -2.32. The number of carbonyl (C=O) groups excluding carboxylic acids is 1. The summed E-state index contributed by atoms with van der Waals surface area (Å²) in [6.45, 7) is 0.979. The number of rotatable bonds is 2. The molecule has 1 aromatic carbocycles. The van der Waals surface area contributed by atoms with E-state index in [2.05, 4.69) is 28.9 Å². The molecule has 3 rings (SSSR count). The fourth-order valence-corrected chi connectivity index (χ4v) is 2.44. The van der Waals surface area contributed by atoms with Crippen molar-refractivity contribution in [1.82, 2.24) is 5.32 Å².